The summed E-state index contributed by atoms with van der Waals surface area (Å²) in [5.74, 6) is -0.556. The first-order chi connectivity index (χ1) is 3.72. The van der Waals surface area contributed by atoms with Gasteiger partial charge in [0, 0.05) is 0 Å². The van der Waals surface area contributed by atoms with E-state index in [0.717, 1.165) is 0 Å². The van der Waals surface area contributed by atoms with Crippen LogP contribution in [0.1, 0.15) is 6.92 Å². The van der Waals surface area contributed by atoms with Gasteiger partial charge in [0.2, 0.25) is 0 Å². The van der Waals surface area contributed by atoms with Gasteiger partial charge in [-0.15, -0.1) is 0 Å². The molecule has 1 N–H and O–H groups in total. The average Bonchev–Trinajstić information content (AvgIpc) is 1.84. The van der Waals surface area contributed by atoms with Crippen LogP contribution in [0.2, 0.25) is 0 Å². The Morgan fingerprint density at radius 2 is 2.25 bits per heavy atom. The molecule has 1 unspecified atom stereocenters. The maximum absolute atomic E-state index is 12.2. The first-order valence-electron chi connectivity index (χ1n) is 2.43. The van der Waals surface area contributed by atoms with Crippen molar-refractivity contribution < 1.29 is 4.39 Å². The third kappa shape index (κ3) is 1.90. The van der Waals surface area contributed by atoms with Gasteiger partial charge in [0.25, 0.3) is 0 Å². The minimum atomic E-state index is -1.19. The summed E-state index contributed by atoms with van der Waals surface area (Å²) in [5, 5.41) is 10.4. The van der Waals surface area contributed by atoms with Crippen LogP contribution in [0.4, 0.5) is 4.39 Å². The zero-order valence-corrected chi connectivity index (χ0v) is 4.98. The molecule has 0 fully saturated rings. The molecule has 0 aliphatic heterocycles. The standard InChI is InChI=1S/C5H9FN2/c1-4(3-7)5(6)8-2/h4-5,8H,1-2H3/t4-,5?/m0/s1. The second kappa shape index (κ2) is 3.39. The highest BCUT2D eigenvalue weighted by atomic mass is 19.1. The SMILES string of the molecule is CNC(F)[C@@H](C)C#N. The van der Waals surface area contributed by atoms with Gasteiger partial charge in [-0.1, -0.05) is 0 Å². The van der Waals surface area contributed by atoms with Crippen LogP contribution in [-0.4, -0.2) is 13.3 Å². The quantitative estimate of drug-likeness (QED) is 0.538. The molecule has 0 aliphatic rings. The van der Waals surface area contributed by atoms with Crippen LogP contribution in [0.15, 0.2) is 0 Å². The predicted molar refractivity (Wildman–Crippen MR) is 28.7 cm³/mol. The molecule has 2 nitrogen and oxygen atoms in total. The van der Waals surface area contributed by atoms with E-state index < -0.39 is 12.2 Å². The lowest BCUT2D eigenvalue weighted by Gasteiger charge is -2.05. The Morgan fingerprint density at radius 1 is 1.75 bits per heavy atom. The van der Waals surface area contributed by atoms with Crippen molar-refractivity contribution in [2.75, 3.05) is 7.05 Å². The Kier molecular flexibility index (Phi) is 3.13. The minimum absolute atomic E-state index is 0.556. The molecule has 0 aromatic carbocycles. The van der Waals surface area contributed by atoms with Gasteiger partial charge in [-0.05, 0) is 14.0 Å². The molecule has 2 atom stereocenters. The molecule has 0 bridgehead atoms. The van der Waals surface area contributed by atoms with Crippen LogP contribution in [0.3, 0.4) is 0 Å². The van der Waals surface area contributed by atoms with E-state index in [0.29, 0.717) is 0 Å². The van der Waals surface area contributed by atoms with Crippen LogP contribution >= 0.6 is 0 Å². The fourth-order valence-corrected chi connectivity index (χ4v) is 0.315. The molecule has 0 amide bonds. The normalized spacial score (nSPS) is 16.8. The highest BCUT2D eigenvalue weighted by Gasteiger charge is 2.10. The Hall–Kier alpha value is -0.620. The number of hydrogen-bond donors (Lipinski definition) is 1. The lowest BCUT2D eigenvalue weighted by Crippen LogP contribution is -2.25. The van der Waals surface area contributed by atoms with E-state index in [4.69, 9.17) is 5.26 Å². The number of alkyl halides is 1. The van der Waals surface area contributed by atoms with Crippen molar-refractivity contribution in [2.24, 2.45) is 5.92 Å². The largest absolute Gasteiger partial charge is 0.290 e. The number of nitrogens with zero attached hydrogens (tertiary/aromatic N) is 1. The maximum Gasteiger partial charge on any atom is 0.166 e. The van der Waals surface area contributed by atoms with Crippen molar-refractivity contribution >= 4 is 0 Å². The molecule has 0 aliphatic carbocycles. The Bertz CT molecular complexity index is 97.1. The van der Waals surface area contributed by atoms with Crippen LogP contribution in [0, 0.1) is 17.2 Å². The summed E-state index contributed by atoms with van der Waals surface area (Å²) in [6.45, 7) is 1.53. The Morgan fingerprint density at radius 3 is 2.38 bits per heavy atom. The number of rotatable bonds is 2. The lowest BCUT2D eigenvalue weighted by atomic mass is 10.2. The molecule has 0 saturated carbocycles. The van der Waals surface area contributed by atoms with Crippen molar-refractivity contribution in [2.45, 2.75) is 13.2 Å². The minimum Gasteiger partial charge on any atom is -0.290 e. The third-order valence-corrected chi connectivity index (χ3v) is 0.918. The average molecular weight is 116 g/mol. The summed E-state index contributed by atoms with van der Waals surface area (Å²) in [5.41, 5.74) is 0. The molecule has 8 heavy (non-hydrogen) atoms. The molecule has 0 radical (unpaired) electrons. The predicted octanol–water partition coefficient (Wildman–Crippen LogP) is 0.661. The molecular formula is C5H9FN2. The van der Waals surface area contributed by atoms with Crippen molar-refractivity contribution in [3.05, 3.63) is 0 Å². The maximum atomic E-state index is 12.2. The van der Waals surface area contributed by atoms with Crippen LogP contribution < -0.4 is 5.32 Å². The zero-order chi connectivity index (χ0) is 6.57. The van der Waals surface area contributed by atoms with Gasteiger partial charge in [-0.2, -0.15) is 5.26 Å². The van der Waals surface area contributed by atoms with Gasteiger partial charge in [-0.3, -0.25) is 5.32 Å². The fraction of sp³-hybridized carbons (Fsp3) is 0.800. The molecule has 0 spiro atoms. The van der Waals surface area contributed by atoms with Crippen molar-refractivity contribution in [1.29, 1.82) is 5.26 Å². The first-order valence-corrected chi connectivity index (χ1v) is 2.43. The fourth-order valence-electron chi connectivity index (χ4n) is 0.315. The van der Waals surface area contributed by atoms with E-state index in [1.54, 1.807) is 6.07 Å². The van der Waals surface area contributed by atoms with Gasteiger partial charge >= 0.3 is 0 Å². The monoisotopic (exact) mass is 116 g/mol. The summed E-state index contributed by atoms with van der Waals surface area (Å²) < 4.78 is 12.2. The van der Waals surface area contributed by atoms with Crippen molar-refractivity contribution in [3.8, 4) is 6.07 Å². The van der Waals surface area contributed by atoms with Gasteiger partial charge < -0.3 is 0 Å². The summed E-state index contributed by atoms with van der Waals surface area (Å²) in [4.78, 5) is 0. The topological polar surface area (TPSA) is 35.8 Å². The van der Waals surface area contributed by atoms with Crippen LogP contribution in [-0.2, 0) is 0 Å². The van der Waals surface area contributed by atoms with E-state index in [1.165, 1.54) is 14.0 Å². The smallest absolute Gasteiger partial charge is 0.166 e. The van der Waals surface area contributed by atoms with Crippen LogP contribution in [0.25, 0.3) is 0 Å². The van der Waals surface area contributed by atoms with E-state index in [1.807, 2.05) is 0 Å². The molecule has 0 rings (SSSR count). The molecule has 0 saturated heterocycles. The van der Waals surface area contributed by atoms with Gasteiger partial charge in [0.05, 0.1) is 12.0 Å². The molecule has 3 heteroatoms. The molecular weight excluding hydrogens is 107 g/mol. The summed E-state index contributed by atoms with van der Waals surface area (Å²) in [6, 6.07) is 1.78. The van der Waals surface area contributed by atoms with Gasteiger partial charge in [0.1, 0.15) is 0 Å². The second-order valence-corrected chi connectivity index (χ2v) is 1.61. The number of hydrogen-bond acceptors (Lipinski definition) is 2. The number of nitrogens with one attached hydrogen (secondary N) is 1. The van der Waals surface area contributed by atoms with Gasteiger partial charge in [0.15, 0.2) is 6.30 Å². The first kappa shape index (κ1) is 7.38. The van der Waals surface area contributed by atoms with E-state index >= 15 is 0 Å². The summed E-state index contributed by atoms with van der Waals surface area (Å²) in [7, 11) is 1.48. The highest BCUT2D eigenvalue weighted by molar-refractivity contribution is 4.82. The second-order valence-electron chi connectivity index (χ2n) is 1.61. The van der Waals surface area contributed by atoms with E-state index in [-0.39, 0.29) is 0 Å². The highest BCUT2D eigenvalue weighted by Crippen LogP contribution is 1.99. The van der Waals surface area contributed by atoms with Crippen molar-refractivity contribution in [1.82, 2.24) is 5.32 Å². The van der Waals surface area contributed by atoms with Crippen molar-refractivity contribution in [3.63, 3.8) is 0 Å². The Labute approximate surface area is 48.3 Å². The van der Waals surface area contributed by atoms with Crippen LogP contribution in [0.5, 0.6) is 0 Å². The third-order valence-electron chi connectivity index (χ3n) is 0.918. The van der Waals surface area contributed by atoms with E-state index in [2.05, 4.69) is 5.32 Å². The number of halogens is 1. The van der Waals surface area contributed by atoms with E-state index in [9.17, 15) is 4.39 Å². The number of nitriles is 1. The molecule has 0 aromatic heterocycles. The summed E-state index contributed by atoms with van der Waals surface area (Å²) >= 11 is 0. The molecule has 0 aromatic rings. The summed E-state index contributed by atoms with van der Waals surface area (Å²) in [6.07, 6.45) is -1.19. The zero-order valence-electron chi connectivity index (χ0n) is 4.98. The van der Waals surface area contributed by atoms with Gasteiger partial charge in [-0.25, -0.2) is 4.39 Å². The molecule has 46 valence electrons. The Balaban J connectivity index is 3.49. The lowest BCUT2D eigenvalue weighted by molar-refractivity contribution is 0.242. The molecule has 0 heterocycles.